The van der Waals surface area contributed by atoms with Gasteiger partial charge in [-0.3, -0.25) is 9.69 Å². The highest BCUT2D eigenvalue weighted by atomic mass is 32.1. The van der Waals surface area contributed by atoms with Gasteiger partial charge in [-0.05, 0) is 61.9 Å². The molecular formula is C26H30N2O2S. The molecule has 1 fully saturated rings. The molecule has 0 spiro atoms. The summed E-state index contributed by atoms with van der Waals surface area (Å²) in [5.74, 6) is -0.140. The van der Waals surface area contributed by atoms with Crippen molar-refractivity contribution in [3.8, 4) is 0 Å². The predicted molar refractivity (Wildman–Crippen MR) is 126 cm³/mol. The van der Waals surface area contributed by atoms with Crippen molar-refractivity contribution in [2.45, 2.75) is 43.9 Å². The maximum absolute atomic E-state index is 13.0. The molecule has 1 aliphatic rings. The highest BCUT2D eigenvalue weighted by Crippen LogP contribution is 2.39. The number of piperidine rings is 1. The summed E-state index contributed by atoms with van der Waals surface area (Å²) in [6, 6.07) is 23.5. The molecule has 0 bridgehead atoms. The van der Waals surface area contributed by atoms with Crippen LogP contribution in [-0.4, -0.2) is 40.6 Å². The SMILES string of the molecule is C[C@@]1(O)CCN(CCCc2ccccc2)[C@@H](c2cccs2)[C@@H]1NC(=O)c1ccccc1. The number of nitrogens with zero attached hydrogens (tertiary/aromatic N) is 1. The molecular weight excluding hydrogens is 404 g/mol. The van der Waals surface area contributed by atoms with Gasteiger partial charge in [-0.15, -0.1) is 11.3 Å². The Morgan fingerprint density at radius 2 is 1.81 bits per heavy atom. The van der Waals surface area contributed by atoms with Crippen LogP contribution in [0.3, 0.4) is 0 Å². The minimum absolute atomic E-state index is 0.0489. The monoisotopic (exact) mass is 434 g/mol. The van der Waals surface area contributed by atoms with Crippen LogP contribution in [0.15, 0.2) is 78.2 Å². The number of nitrogens with one attached hydrogen (secondary N) is 1. The fraction of sp³-hybridized carbons (Fsp3) is 0.346. The molecule has 0 radical (unpaired) electrons. The van der Waals surface area contributed by atoms with Crippen molar-refractivity contribution in [1.29, 1.82) is 0 Å². The zero-order valence-corrected chi connectivity index (χ0v) is 18.7. The van der Waals surface area contributed by atoms with E-state index in [0.717, 1.165) is 25.9 Å². The molecule has 5 heteroatoms. The predicted octanol–water partition coefficient (Wildman–Crippen LogP) is 4.68. The van der Waals surface area contributed by atoms with Gasteiger partial charge in [0.05, 0.1) is 17.7 Å². The first kappa shape index (κ1) is 21.8. The zero-order valence-electron chi connectivity index (χ0n) is 17.9. The fourth-order valence-corrected chi connectivity index (χ4v) is 5.35. The molecule has 4 nitrogen and oxygen atoms in total. The Morgan fingerprint density at radius 1 is 1.10 bits per heavy atom. The van der Waals surface area contributed by atoms with Gasteiger partial charge in [0.1, 0.15) is 0 Å². The second kappa shape index (κ2) is 9.77. The van der Waals surface area contributed by atoms with Crippen LogP contribution in [0.25, 0.3) is 0 Å². The van der Waals surface area contributed by atoms with Crippen molar-refractivity contribution >= 4 is 17.2 Å². The summed E-state index contributed by atoms with van der Waals surface area (Å²) in [7, 11) is 0. The molecule has 3 atom stereocenters. The van der Waals surface area contributed by atoms with Crippen molar-refractivity contribution in [3.63, 3.8) is 0 Å². The van der Waals surface area contributed by atoms with Crippen LogP contribution >= 0.6 is 11.3 Å². The van der Waals surface area contributed by atoms with Gasteiger partial charge in [-0.2, -0.15) is 0 Å². The Kier molecular flexibility index (Phi) is 6.86. The molecule has 2 aromatic carbocycles. The third kappa shape index (κ3) is 5.24. The standard InChI is InChI=1S/C26H30N2O2S/c1-26(30)16-18-28(17-8-12-20-10-4-2-5-11-20)23(22-15-9-19-31-22)24(26)27-25(29)21-13-6-3-7-14-21/h2-7,9-11,13-15,19,23-24,30H,8,12,16-18H2,1H3,(H,27,29)/t23-,24-,26+/m0/s1. The van der Waals surface area contributed by atoms with E-state index in [9.17, 15) is 9.90 Å². The Labute approximate surface area is 188 Å². The smallest absolute Gasteiger partial charge is 0.251 e. The summed E-state index contributed by atoms with van der Waals surface area (Å²) in [6.45, 7) is 3.58. The largest absolute Gasteiger partial charge is 0.388 e. The van der Waals surface area contributed by atoms with Crippen LogP contribution in [0.2, 0.25) is 0 Å². The van der Waals surface area contributed by atoms with Crippen molar-refractivity contribution in [3.05, 3.63) is 94.2 Å². The van der Waals surface area contributed by atoms with E-state index in [-0.39, 0.29) is 18.0 Å². The van der Waals surface area contributed by atoms with Gasteiger partial charge in [0, 0.05) is 17.0 Å². The summed E-state index contributed by atoms with van der Waals surface area (Å²) < 4.78 is 0. The highest BCUT2D eigenvalue weighted by Gasteiger charge is 2.46. The molecule has 0 saturated carbocycles. The van der Waals surface area contributed by atoms with Gasteiger partial charge in [0.25, 0.3) is 5.91 Å². The number of aryl methyl sites for hydroxylation is 1. The molecule has 3 aromatic rings. The van der Waals surface area contributed by atoms with Crippen LogP contribution in [0.4, 0.5) is 0 Å². The van der Waals surface area contributed by atoms with Gasteiger partial charge >= 0.3 is 0 Å². The maximum atomic E-state index is 13.0. The molecule has 1 aliphatic heterocycles. The van der Waals surface area contributed by atoms with E-state index < -0.39 is 5.60 Å². The molecule has 4 rings (SSSR count). The normalized spacial score (nSPS) is 24.1. The lowest BCUT2D eigenvalue weighted by atomic mass is 9.81. The number of rotatable bonds is 7. The van der Waals surface area contributed by atoms with Crippen LogP contribution in [0.5, 0.6) is 0 Å². The number of hydrogen-bond donors (Lipinski definition) is 2. The lowest BCUT2D eigenvalue weighted by Crippen LogP contribution is -2.62. The van der Waals surface area contributed by atoms with E-state index in [1.54, 1.807) is 11.3 Å². The van der Waals surface area contributed by atoms with Crippen molar-refractivity contribution in [1.82, 2.24) is 10.2 Å². The van der Waals surface area contributed by atoms with Gasteiger partial charge in [0.2, 0.25) is 0 Å². The molecule has 0 unspecified atom stereocenters. The van der Waals surface area contributed by atoms with Gasteiger partial charge in [-0.1, -0.05) is 54.6 Å². The summed E-state index contributed by atoms with van der Waals surface area (Å²) >= 11 is 1.69. The third-order valence-electron chi connectivity index (χ3n) is 6.20. The Balaban J connectivity index is 1.54. The fourth-order valence-electron chi connectivity index (χ4n) is 4.45. The van der Waals surface area contributed by atoms with Crippen LogP contribution in [-0.2, 0) is 6.42 Å². The summed E-state index contributed by atoms with van der Waals surface area (Å²) in [4.78, 5) is 16.6. The number of thiophene rings is 1. The number of benzene rings is 2. The summed E-state index contributed by atoms with van der Waals surface area (Å²) in [6.07, 6.45) is 2.68. The van der Waals surface area contributed by atoms with Crippen molar-refractivity contribution in [2.75, 3.05) is 13.1 Å². The second-order valence-electron chi connectivity index (χ2n) is 8.51. The van der Waals surface area contributed by atoms with E-state index in [1.807, 2.05) is 49.4 Å². The second-order valence-corrected chi connectivity index (χ2v) is 9.49. The van der Waals surface area contributed by atoms with Gasteiger partial charge < -0.3 is 10.4 Å². The van der Waals surface area contributed by atoms with E-state index >= 15 is 0 Å². The summed E-state index contributed by atoms with van der Waals surface area (Å²) in [5.41, 5.74) is 0.979. The molecule has 162 valence electrons. The van der Waals surface area contributed by atoms with Crippen LogP contribution in [0, 0.1) is 0 Å². The van der Waals surface area contributed by atoms with Crippen molar-refractivity contribution < 1.29 is 9.90 Å². The first-order valence-corrected chi connectivity index (χ1v) is 11.8. The Bertz CT molecular complexity index is 958. The van der Waals surface area contributed by atoms with E-state index in [2.05, 4.69) is 45.9 Å². The van der Waals surface area contributed by atoms with Crippen LogP contribution < -0.4 is 5.32 Å². The number of carbonyl (C=O) groups excluding carboxylic acids is 1. The van der Waals surface area contributed by atoms with Gasteiger partial charge in [-0.25, -0.2) is 0 Å². The van der Waals surface area contributed by atoms with E-state index in [1.165, 1.54) is 10.4 Å². The number of aliphatic hydroxyl groups is 1. The average molecular weight is 435 g/mol. The molecule has 2 heterocycles. The number of amides is 1. The number of carbonyl (C=O) groups is 1. The first-order chi connectivity index (χ1) is 15.0. The number of hydrogen-bond acceptors (Lipinski definition) is 4. The zero-order chi connectivity index (χ0) is 21.7. The Morgan fingerprint density at radius 3 is 2.48 bits per heavy atom. The average Bonchev–Trinajstić information content (AvgIpc) is 3.32. The van der Waals surface area contributed by atoms with E-state index in [0.29, 0.717) is 12.0 Å². The highest BCUT2D eigenvalue weighted by molar-refractivity contribution is 7.10. The lowest BCUT2D eigenvalue weighted by molar-refractivity contribution is -0.0632. The molecule has 1 amide bonds. The quantitative estimate of drug-likeness (QED) is 0.568. The Hall–Kier alpha value is -2.47. The van der Waals surface area contributed by atoms with Crippen molar-refractivity contribution in [2.24, 2.45) is 0 Å². The minimum Gasteiger partial charge on any atom is -0.388 e. The maximum Gasteiger partial charge on any atom is 0.251 e. The third-order valence-corrected chi connectivity index (χ3v) is 7.14. The lowest BCUT2D eigenvalue weighted by Gasteiger charge is -2.48. The first-order valence-electron chi connectivity index (χ1n) is 10.9. The number of likely N-dealkylation sites (tertiary alicyclic amines) is 1. The molecule has 1 saturated heterocycles. The minimum atomic E-state index is -0.977. The molecule has 0 aliphatic carbocycles. The molecule has 31 heavy (non-hydrogen) atoms. The molecule has 2 N–H and O–H groups in total. The van der Waals surface area contributed by atoms with Gasteiger partial charge in [0.15, 0.2) is 0 Å². The van der Waals surface area contributed by atoms with Crippen LogP contribution in [0.1, 0.15) is 46.6 Å². The topological polar surface area (TPSA) is 52.6 Å². The molecule has 1 aromatic heterocycles. The summed E-state index contributed by atoms with van der Waals surface area (Å²) in [5, 5.41) is 16.5. The van der Waals surface area contributed by atoms with E-state index in [4.69, 9.17) is 0 Å².